The van der Waals surface area contributed by atoms with E-state index in [0.717, 1.165) is 4.88 Å². The highest BCUT2D eigenvalue weighted by molar-refractivity contribution is 7.15. The zero-order chi connectivity index (χ0) is 10.8. The summed E-state index contributed by atoms with van der Waals surface area (Å²) in [6, 6.07) is 0. The number of carbonyl (C=O) groups is 2. The SMILES string of the molecule is Cc1cnc(NC(=O)C2CNC(=O)C2)s1. The van der Waals surface area contributed by atoms with E-state index in [-0.39, 0.29) is 24.2 Å². The number of anilines is 1. The van der Waals surface area contributed by atoms with Gasteiger partial charge in [-0.2, -0.15) is 0 Å². The molecule has 6 heteroatoms. The molecule has 0 aromatic carbocycles. The van der Waals surface area contributed by atoms with Gasteiger partial charge < -0.3 is 10.6 Å². The molecule has 0 radical (unpaired) electrons. The van der Waals surface area contributed by atoms with E-state index in [2.05, 4.69) is 15.6 Å². The summed E-state index contributed by atoms with van der Waals surface area (Å²) in [6.45, 7) is 2.35. The van der Waals surface area contributed by atoms with Gasteiger partial charge in [0, 0.05) is 24.0 Å². The molecular weight excluding hydrogens is 214 g/mol. The molecule has 1 atom stereocenters. The van der Waals surface area contributed by atoms with Crippen LogP contribution >= 0.6 is 11.3 Å². The summed E-state index contributed by atoms with van der Waals surface area (Å²) in [5, 5.41) is 5.92. The number of nitrogens with one attached hydrogen (secondary N) is 2. The van der Waals surface area contributed by atoms with Gasteiger partial charge in [0.15, 0.2) is 5.13 Å². The van der Waals surface area contributed by atoms with Crippen LogP contribution < -0.4 is 10.6 Å². The normalized spacial score (nSPS) is 20.1. The van der Waals surface area contributed by atoms with Gasteiger partial charge in [-0.15, -0.1) is 11.3 Å². The van der Waals surface area contributed by atoms with Gasteiger partial charge in [0.05, 0.1) is 5.92 Å². The summed E-state index contributed by atoms with van der Waals surface area (Å²) in [4.78, 5) is 27.6. The summed E-state index contributed by atoms with van der Waals surface area (Å²) in [5.41, 5.74) is 0. The Labute approximate surface area is 90.9 Å². The lowest BCUT2D eigenvalue weighted by atomic mass is 10.1. The maximum absolute atomic E-state index is 11.6. The molecule has 2 heterocycles. The van der Waals surface area contributed by atoms with Gasteiger partial charge in [0.25, 0.3) is 0 Å². The Morgan fingerprint density at radius 2 is 2.53 bits per heavy atom. The highest BCUT2D eigenvalue weighted by Gasteiger charge is 2.28. The van der Waals surface area contributed by atoms with Crippen molar-refractivity contribution >= 4 is 28.3 Å². The van der Waals surface area contributed by atoms with Crippen molar-refractivity contribution in [3.8, 4) is 0 Å². The lowest BCUT2D eigenvalue weighted by Gasteiger charge is -2.05. The number of amides is 2. The molecule has 1 aliphatic rings. The van der Waals surface area contributed by atoms with Crippen LogP contribution in [0, 0.1) is 12.8 Å². The van der Waals surface area contributed by atoms with Gasteiger partial charge in [0.2, 0.25) is 11.8 Å². The standard InChI is InChI=1S/C9H11N3O2S/c1-5-3-11-9(15-5)12-8(14)6-2-7(13)10-4-6/h3,6H,2,4H2,1H3,(H,10,13)(H,11,12,14). The summed E-state index contributed by atoms with van der Waals surface area (Å²) < 4.78 is 0. The number of aromatic nitrogens is 1. The van der Waals surface area contributed by atoms with Gasteiger partial charge >= 0.3 is 0 Å². The van der Waals surface area contributed by atoms with E-state index in [0.29, 0.717) is 11.7 Å². The van der Waals surface area contributed by atoms with E-state index in [1.807, 2.05) is 6.92 Å². The number of hydrogen-bond acceptors (Lipinski definition) is 4. The fraction of sp³-hybridized carbons (Fsp3) is 0.444. The Morgan fingerprint density at radius 1 is 1.73 bits per heavy atom. The fourth-order valence-corrected chi connectivity index (χ4v) is 2.08. The molecular formula is C9H11N3O2S. The zero-order valence-electron chi connectivity index (χ0n) is 8.24. The number of rotatable bonds is 2. The number of carbonyl (C=O) groups excluding carboxylic acids is 2. The molecule has 2 N–H and O–H groups in total. The minimum absolute atomic E-state index is 0.0644. The topological polar surface area (TPSA) is 71.1 Å². The fourth-order valence-electron chi connectivity index (χ4n) is 1.41. The Kier molecular flexibility index (Phi) is 2.68. The quantitative estimate of drug-likeness (QED) is 0.771. The number of nitrogens with zero attached hydrogens (tertiary/aromatic N) is 1. The largest absolute Gasteiger partial charge is 0.355 e. The molecule has 0 bridgehead atoms. The number of aryl methyl sites for hydroxylation is 1. The smallest absolute Gasteiger partial charge is 0.231 e. The Morgan fingerprint density at radius 3 is 3.07 bits per heavy atom. The molecule has 1 saturated heterocycles. The average Bonchev–Trinajstić information content (AvgIpc) is 2.75. The van der Waals surface area contributed by atoms with Crippen LogP contribution in [0.4, 0.5) is 5.13 Å². The average molecular weight is 225 g/mol. The van der Waals surface area contributed by atoms with Crippen LogP contribution in [-0.2, 0) is 9.59 Å². The minimum atomic E-state index is -0.262. The first-order valence-electron chi connectivity index (χ1n) is 4.65. The van der Waals surface area contributed by atoms with Crippen molar-refractivity contribution in [3.05, 3.63) is 11.1 Å². The second-order valence-corrected chi connectivity index (χ2v) is 4.71. The van der Waals surface area contributed by atoms with E-state index in [1.54, 1.807) is 6.20 Å². The monoisotopic (exact) mass is 225 g/mol. The van der Waals surface area contributed by atoms with Crippen LogP contribution in [-0.4, -0.2) is 23.3 Å². The molecule has 1 aromatic rings. The maximum atomic E-state index is 11.6. The lowest BCUT2D eigenvalue weighted by Crippen LogP contribution is -2.24. The van der Waals surface area contributed by atoms with Crippen molar-refractivity contribution in [3.63, 3.8) is 0 Å². The van der Waals surface area contributed by atoms with Gasteiger partial charge in [0.1, 0.15) is 0 Å². The molecule has 2 amide bonds. The van der Waals surface area contributed by atoms with Crippen LogP contribution in [0.25, 0.3) is 0 Å². The van der Waals surface area contributed by atoms with Crippen molar-refractivity contribution in [1.82, 2.24) is 10.3 Å². The molecule has 1 aromatic heterocycles. The van der Waals surface area contributed by atoms with Crippen LogP contribution in [0.1, 0.15) is 11.3 Å². The van der Waals surface area contributed by atoms with Crippen LogP contribution in [0.5, 0.6) is 0 Å². The zero-order valence-corrected chi connectivity index (χ0v) is 9.06. The third kappa shape index (κ3) is 2.33. The molecule has 5 nitrogen and oxygen atoms in total. The molecule has 2 rings (SSSR count). The lowest BCUT2D eigenvalue weighted by molar-refractivity contribution is -0.123. The predicted molar refractivity (Wildman–Crippen MR) is 56.6 cm³/mol. The highest BCUT2D eigenvalue weighted by atomic mass is 32.1. The van der Waals surface area contributed by atoms with Crippen LogP contribution in [0.2, 0.25) is 0 Å². The summed E-state index contributed by atoms with van der Waals surface area (Å²) in [7, 11) is 0. The summed E-state index contributed by atoms with van der Waals surface area (Å²) >= 11 is 1.43. The molecule has 1 aliphatic heterocycles. The van der Waals surface area contributed by atoms with Crippen molar-refractivity contribution in [2.45, 2.75) is 13.3 Å². The number of thiazole rings is 1. The van der Waals surface area contributed by atoms with Crippen molar-refractivity contribution in [2.24, 2.45) is 5.92 Å². The third-order valence-electron chi connectivity index (χ3n) is 2.20. The van der Waals surface area contributed by atoms with Crippen molar-refractivity contribution in [2.75, 3.05) is 11.9 Å². The first-order valence-corrected chi connectivity index (χ1v) is 5.47. The van der Waals surface area contributed by atoms with Gasteiger partial charge in [-0.1, -0.05) is 0 Å². The summed E-state index contributed by atoms with van der Waals surface area (Å²) in [6.07, 6.45) is 1.98. The first-order chi connectivity index (χ1) is 7.15. The highest BCUT2D eigenvalue weighted by Crippen LogP contribution is 2.18. The summed E-state index contributed by atoms with van der Waals surface area (Å²) in [5.74, 6) is -0.463. The molecule has 1 fully saturated rings. The molecule has 15 heavy (non-hydrogen) atoms. The van der Waals surface area contributed by atoms with Crippen molar-refractivity contribution < 1.29 is 9.59 Å². The second kappa shape index (κ2) is 3.98. The Hall–Kier alpha value is -1.43. The molecule has 80 valence electrons. The molecule has 0 saturated carbocycles. The van der Waals surface area contributed by atoms with Gasteiger partial charge in [-0.3, -0.25) is 9.59 Å². The van der Waals surface area contributed by atoms with E-state index in [4.69, 9.17) is 0 Å². The predicted octanol–water partition coefficient (Wildman–Crippen LogP) is 0.526. The minimum Gasteiger partial charge on any atom is -0.355 e. The van der Waals surface area contributed by atoms with E-state index < -0.39 is 0 Å². The van der Waals surface area contributed by atoms with Gasteiger partial charge in [-0.05, 0) is 6.92 Å². The third-order valence-corrected chi connectivity index (χ3v) is 3.03. The van der Waals surface area contributed by atoms with Crippen molar-refractivity contribution in [1.29, 1.82) is 0 Å². The van der Waals surface area contributed by atoms with E-state index in [1.165, 1.54) is 11.3 Å². The van der Waals surface area contributed by atoms with Gasteiger partial charge in [-0.25, -0.2) is 4.98 Å². The Balaban J connectivity index is 1.95. The van der Waals surface area contributed by atoms with Crippen LogP contribution in [0.15, 0.2) is 6.20 Å². The first kappa shape index (κ1) is 10.1. The Bertz CT molecular complexity index is 402. The van der Waals surface area contributed by atoms with Crippen LogP contribution in [0.3, 0.4) is 0 Å². The van der Waals surface area contributed by atoms with E-state index >= 15 is 0 Å². The molecule has 1 unspecified atom stereocenters. The number of hydrogen-bond donors (Lipinski definition) is 2. The molecule has 0 spiro atoms. The maximum Gasteiger partial charge on any atom is 0.231 e. The van der Waals surface area contributed by atoms with E-state index in [9.17, 15) is 9.59 Å². The second-order valence-electron chi connectivity index (χ2n) is 3.47. The molecule has 0 aliphatic carbocycles.